The summed E-state index contributed by atoms with van der Waals surface area (Å²) in [7, 11) is 3.11. The van der Waals surface area contributed by atoms with Crippen molar-refractivity contribution in [2.45, 2.75) is 6.04 Å². The Hall–Kier alpha value is -1.82. The Morgan fingerprint density at radius 2 is 1.86 bits per heavy atom. The Morgan fingerprint density at radius 3 is 2.48 bits per heavy atom. The molecule has 2 aromatic rings. The molecule has 0 aliphatic carbocycles. The smallest absolute Gasteiger partial charge is 0.127 e. The summed E-state index contributed by atoms with van der Waals surface area (Å²) in [6, 6.07) is 8.92. The lowest BCUT2D eigenvalue weighted by Crippen LogP contribution is -2.29. The summed E-state index contributed by atoms with van der Waals surface area (Å²) in [5.41, 5.74) is 3.90. The van der Waals surface area contributed by atoms with Crippen molar-refractivity contribution in [3.8, 4) is 11.5 Å². The van der Waals surface area contributed by atoms with Crippen LogP contribution in [0.4, 0.5) is 4.39 Å². The summed E-state index contributed by atoms with van der Waals surface area (Å²) in [5.74, 6) is 6.46. The van der Waals surface area contributed by atoms with Gasteiger partial charge in [0.05, 0.1) is 20.3 Å². The lowest BCUT2D eigenvalue weighted by Gasteiger charge is -2.21. The quantitative estimate of drug-likeness (QED) is 0.658. The molecule has 2 aromatic carbocycles. The van der Waals surface area contributed by atoms with Gasteiger partial charge < -0.3 is 9.47 Å². The molecular weight excluding hydrogens is 295 g/mol. The van der Waals surface area contributed by atoms with Crippen molar-refractivity contribution in [3.05, 3.63) is 58.4 Å². The SMILES string of the molecule is COc1ccc(C(NN)c2cc(F)ccc2Cl)c(OC)c1. The van der Waals surface area contributed by atoms with Crippen molar-refractivity contribution in [2.75, 3.05) is 14.2 Å². The number of ether oxygens (including phenoxy) is 2. The molecule has 21 heavy (non-hydrogen) atoms. The number of methoxy groups -OCH3 is 2. The van der Waals surface area contributed by atoms with E-state index in [2.05, 4.69) is 5.43 Å². The van der Waals surface area contributed by atoms with E-state index >= 15 is 0 Å². The molecule has 3 N–H and O–H groups in total. The predicted octanol–water partition coefficient (Wildman–Crippen LogP) is 3.05. The van der Waals surface area contributed by atoms with Gasteiger partial charge in [0.2, 0.25) is 0 Å². The third kappa shape index (κ3) is 3.26. The molecule has 1 atom stereocenters. The van der Waals surface area contributed by atoms with Crippen molar-refractivity contribution >= 4 is 11.6 Å². The molecule has 0 spiro atoms. The van der Waals surface area contributed by atoms with Gasteiger partial charge in [-0.2, -0.15) is 0 Å². The molecule has 0 bridgehead atoms. The van der Waals surface area contributed by atoms with E-state index in [4.69, 9.17) is 26.9 Å². The van der Waals surface area contributed by atoms with Crippen LogP contribution >= 0.6 is 11.6 Å². The maximum atomic E-state index is 13.5. The van der Waals surface area contributed by atoms with Crippen LogP contribution in [-0.2, 0) is 0 Å². The fourth-order valence-electron chi connectivity index (χ4n) is 2.14. The van der Waals surface area contributed by atoms with Crippen molar-refractivity contribution in [1.82, 2.24) is 5.43 Å². The van der Waals surface area contributed by atoms with Gasteiger partial charge in [-0.25, -0.2) is 9.82 Å². The number of hydrazine groups is 1. The van der Waals surface area contributed by atoms with E-state index in [-0.39, 0.29) is 5.82 Å². The average Bonchev–Trinajstić information content (AvgIpc) is 2.51. The van der Waals surface area contributed by atoms with Gasteiger partial charge in [-0.3, -0.25) is 5.84 Å². The first-order chi connectivity index (χ1) is 10.1. The first-order valence-corrected chi connectivity index (χ1v) is 6.61. The molecule has 0 saturated heterocycles. The van der Waals surface area contributed by atoms with E-state index in [1.807, 2.05) is 0 Å². The highest BCUT2D eigenvalue weighted by Crippen LogP contribution is 2.35. The monoisotopic (exact) mass is 310 g/mol. The fourth-order valence-corrected chi connectivity index (χ4v) is 2.37. The Kier molecular flexibility index (Phi) is 5.01. The molecule has 0 fully saturated rings. The fraction of sp³-hybridized carbons (Fsp3) is 0.200. The largest absolute Gasteiger partial charge is 0.497 e. The Balaban J connectivity index is 2.53. The number of benzene rings is 2. The first kappa shape index (κ1) is 15.6. The zero-order chi connectivity index (χ0) is 15.4. The lowest BCUT2D eigenvalue weighted by atomic mass is 9.98. The van der Waals surface area contributed by atoms with Crippen LogP contribution in [-0.4, -0.2) is 14.2 Å². The third-order valence-corrected chi connectivity index (χ3v) is 3.53. The van der Waals surface area contributed by atoms with Gasteiger partial charge in [-0.05, 0) is 35.9 Å². The Labute approximate surface area is 127 Å². The number of nitrogens with two attached hydrogens (primary N) is 1. The van der Waals surface area contributed by atoms with Crippen LogP contribution < -0.4 is 20.7 Å². The van der Waals surface area contributed by atoms with Gasteiger partial charge >= 0.3 is 0 Å². The van der Waals surface area contributed by atoms with Crippen LogP contribution in [0.25, 0.3) is 0 Å². The summed E-state index contributed by atoms with van der Waals surface area (Å²) in [4.78, 5) is 0. The van der Waals surface area contributed by atoms with Crippen molar-refractivity contribution in [2.24, 2.45) is 5.84 Å². The highest BCUT2D eigenvalue weighted by Gasteiger charge is 2.20. The van der Waals surface area contributed by atoms with Crippen LogP contribution in [0.2, 0.25) is 5.02 Å². The van der Waals surface area contributed by atoms with E-state index in [1.165, 1.54) is 18.2 Å². The van der Waals surface area contributed by atoms with Crippen LogP contribution in [0.1, 0.15) is 17.2 Å². The molecule has 112 valence electrons. The maximum absolute atomic E-state index is 13.5. The summed E-state index contributed by atoms with van der Waals surface area (Å²) in [6.45, 7) is 0. The lowest BCUT2D eigenvalue weighted by molar-refractivity contribution is 0.387. The first-order valence-electron chi connectivity index (χ1n) is 6.23. The Morgan fingerprint density at radius 1 is 1.10 bits per heavy atom. The van der Waals surface area contributed by atoms with Gasteiger partial charge in [-0.1, -0.05) is 11.6 Å². The molecule has 0 aromatic heterocycles. The predicted molar refractivity (Wildman–Crippen MR) is 80.1 cm³/mol. The number of rotatable bonds is 5. The summed E-state index contributed by atoms with van der Waals surface area (Å²) in [5, 5.41) is 0.414. The van der Waals surface area contributed by atoms with E-state index in [0.29, 0.717) is 22.1 Å². The zero-order valence-electron chi connectivity index (χ0n) is 11.7. The van der Waals surface area contributed by atoms with Crippen LogP contribution in [0.15, 0.2) is 36.4 Å². The molecule has 0 heterocycles. The van der Waals surface area contributed by atoms with Crippen LogP contribution in [0.5, 0.6) is 11.5 Å². The van der Waals surface area contributed by atoms with Gasteiger partial charge in [0, 0.05) is 16.7 Å². The van der Waals surface area contributed by atoms with E-state index in [0.717, 1.165) is 5.56 Å². The zero-order valence-corrected chi connectivity index (χ0v) is 12.4. The highest BCUT2D eigenvalue weighted by atomic mass is 35.5. The van der Waals surface area contributed by atoms with Crippen molar-refractivity contribution in [1.29, 1.82) is 0 Å². The molecule has 1 unspecified atom stereocenters. The second kappa shape index (κ2) is 6.76. The van der Waals surface area contributed by atoms with E-state index in [1.54, 1.807) is 32.4 Å². The summed E-state index contributed by atoms with van der Waals surface area (Å²) >= 11 is 6.15. The molecule has 2 rings (SSSR count). The van der Waals surface area contributed by atoms with Gasteiger partial charge in [0.25, 0.3) is 0 Å². The maximum Gasteiger partial charge on any atom is 0.127 e. The number of halogens is 2. The molecular formula is C15H16ClFN2O2. The normalized spacial score (nSPS) is 12.0. The molecule has 4 nitrogen and oxygen atoms in total. The number of hydrogen-bond donors (Lipinski definition) is 2. The topological polar surface area (TPSA) is 56.5 Å². The standard InChI is InChI=1S/C15H16ClFN2O2/c1-20-10-4-5-11(14(8-10)21-2)15(19-18)12-7-9(17)3-6-13(12)16/h3-8,15,19H,18H2,1-2H3. The van der Waals surface area contributed by atoms with Crippen molar-refractivity contribution < 1.29 is 13.9 Å². The van der Waals surface area contributed by atoms with Gasteiger partial charge in [-0.15, -0.1) is 0 Å². The highest BCUT2D eigenvalue weighted by molar-refractivity contribution is 6.31. The van der Waals surface area contributed by atoms with E-state index in [9.17, 15) is 4.39 Å². The second-order valence-electron chi connectivity index (χ2n) is 4.37. The number of hydrogen-bond acceptors (Lipinski definition) is 4. The summed E-state index contributed by atoms with van der Waals surface area (Å²) in [6.07, 6.45) is 0. The summed E-state index contributed by atoms with van der Waals surface area (Å²) < 4.78 is 24.0. The number of nitrogens with one attached hydrogen (secondary N) is 1. The van der Waals surface area contributed by atoms with Gasteiger partial charge in [0.1, 0.15) is 17.3 Å². The minimum atomic E-state index is -0.506. The van der Waals surface area contributed by atoms with Crippen LogP contribution in [0.3, 0.4) is 0 Å². The minimum absolute atomic E-state index is 0.387. The van der Waals surface area contributed by atoms with E-state index < -0.39 is 6.04 Å². The molecule has 0 aliphatic heterocycles. The Bertz CT molecular complexity index is 637. The van der Waals surface area contributed by atoms with Crippen LogP contribution in [0, 0.1) is 5.82 Å². The second-order valence-corrected chi connectivity index (χ2v) is 4.78. The molecule has 0 saturated carbocycles. The molecule has 6 heteroatoms. The molecule has 0 radical (unpaired) electrons. The van der Waals surface area contributed by atoms with Crippen molar-refractivity contribution in [3.63, 3.8) is 0 Å². The average molecular weight is 311 g/mol. The minimum Gasteiger partial charge on any atom is -0.497 e. The third-order valence-electron chi connectivity index (χ3n) is 3.19. The molecule has 0 amide bonds. The van der Waals surface area contributed by atoms with Gasteiger partial charge in [0.15, 0.2) is 0 Å². The molecule has 0 aliphatic rings.